The number of benzene rings is 1. The summed E-state index contributed by atoms with van der Waals surface area (Å²) in [5.41, 5.74) is 9.94. The van der Waals surface area contributed by atoms with Crippen LogP contribution in [-0.4, -0.2) is 16.5 Å². The van der Waals surface area contributed by atoms with E-state index in [2.05, 4.69) is 25.9 Å². The number of nitrogens with zero attached hydrogens (tertiary/aromatic N) is 2. The third kappa shape index (κ3) is 3.39. The highest BCUT2D eigenvalue weighted by atomic mass is 79.9. The van der Waals surface area contributed by atoms with E-state index in [4.69, 9.17) is 5.73 Å². The van der Waals surface area contributed by atoms with Crippen molar-refractivity contribution in [3.8, 4) is 11.4 Å². The van der Waals surface area contributed by atoms with Crippen LogP contribution in [0.4, 0.5) is 0 Å². The van der Waals surface area contributed by atoms with E-state index in [1.54, 1.807) is 0 Å². The van der Waals surface area contributed by atoms with Crippen LogP contribution < -0.4 is 5.73 Å². The largest absolute Gasteiger partial charge is 0.330 e. The lowest BCUT2D eigenvalue weighted by Gasteiger charge is -2.10. The maximum absolute atomic E-state index is 5.57. The molecule has 3 nitrogen and oxygen atoms in total. The Morgan fingerprint density at radius 2 is 1.63 bits per heavy atom. The van der Waals surface area contributed by atoms with Crippen molar-refractivity contribution < 1.29 is 0 Å². The summed E-state index contributed by atoms with van der Waals surface area (Å²) in [7, 11) is 0. The molecule has 0 aliphatic heterocycles. The molecule has 0 bridgehead atoms. The molecule has 0 atom stereocenters. The van der Waals surface area contributed by atoms with Gasteiger partial charge in [0.15, 0.2) is 5.82 Å². The number of aryl methyl sites for hydroxylation is 2. The lowest BCUT2D eigenvalue weighted by atomic mass is 10.1. The van der Waals surface area contributed by atoms with Crippen LogP contribution in [0.2, 0.25) is 0 Å². The van der Waals surface area contributed by atoms with Gasteiger partial charge in [-0.05, 0) is 50.9 Å². The molecule has 1 heterocycles. The molecule has 0 aliphatic carbocycles. The first-order valence-corrected chi connectivity index (χ1v) is 7.21. The normalized spacial score (nSPS) is 10.7. The maximum atomic E-state index is 5.57. The van der Waals surface area contributed by atoms with Crippen LogP contribution in [-0.2, 0) is 6.42 Å². The van der Waals surface area contributed by atoms with Crippen molar-refractivity contribution in [3.05, 3.63) is 45.7 Å². The van der Waals surface area contributed by atoms with Crippen molar-refractivity contribution in [1.29, 1.82) is 0 Å². The van der Waals surface area contributed by atoms with Crippen molar-refractivity contribution in [3.63, 3.8) is 0 Å². The van der Waals surface area contributed by atoms with Crippen molar-refractivity contribution in [2.45, 2.75) is 26.7 Å². The van der Waals surface area contributed by atoms with Gasteiger partial charge in [-0.3, -0.25) is 0 Å². The second-order valence-corrected chi connectivity index (χ2v) is 5.51. The monoisotopic (exact) mass is 319 g/mol. The molecule has 100 valence electrons. The summed E-state index contributed by atoms with van der Waals surface area (Å²) in [5.74, 6) is 0.791. The summed E-state index contributed by atoms with van der Waals surface area (Å²) >= 11 is 3.43. The highest BCUT2D eigenvalue weighted by Gasteiger charge is 2.09. The van der Waals surface area contributed by atoms with Gasteiger partial charge in [0, 0.05) is 21.4 Å². The van der Waals surface area contributed by atoms with Crippen LogP contribution >= 0.6 is 15.9 Å². The average molecular weight is 320 g/mol. The SMILES string of the molecule is Cc1nc(-c2ccc(Br)cc2)nc(C)c1CCCN. The molecule has 19 heavy (non-hydrogen) atoms. The number of rotatable bonds is 4. The first-order valence-electron chi connectivity index (χ1n) is 6.42. The number of nitrogens with two attached hydrogens (primary N) is 1. The Kier molecular flexibility index (Phi) is 4.66. The Labute approximate surface area is 122 Å². The molecule has 1 aromatic carbocycles. The fourth-order valence-corrected chi connectivity index (χ4v) is 2.37. The van der Waals surface area contributed by atoms with E-state index in [-0.39, 0.29) is 0 Å². The highest BCUT2D eigenvalue weighted by molar-refractivity contribution is 9.10. The minimum atomic E-state index is 0.702. The molecule has 0 saturated carbocycles. The van der Waals surface area contributed by atoms with Crippen molar-refractivity contribution >= 4 is 15.9 Å². The van der Waals surface area contributed by atoms with E-state index in [0.29, 0.717) is 6.54 Å². The van der Waals surface area contributed by atoms with Crippen LogP contribution in [0.3, 0.4) is 0 Å². The van der Waals surface area contributed by atoms with Crippen molar-refractivity contribution in [2.75, 3.05) is 6.54 Å². The smallest absolute Gasteiger partial charge is 0.159 e. The molecule has 4 heteroatoms. The lowest BCUT2D eigenvalue weighted by Crippen LogP contribution is -2.06. The van der Waals surface area contributed by atoms with E-state index in [1.807, 2.05) is 38.1 Å². The fourth-order valence-electron chi connectivity index (χ4n) is 2.11. The lowest BCUT2D eigenvalue weighted by molar-refractivity contribution is 0.806. The third-order valence-corrected chi connectivity index (χ3v) is 3.68. The molecule has 0 aliphatic rings. The first-order chi connectivity index (χ1) is 9.11. The summed E-state index contributed by atoms with van der Waals surface area (Å²) in [4.78, 5) is 9.24. The van der Waals surface area contributed by atoms with E-state index < -0.39 is 0 Å². The fraction of sp³-hybridized carbons (Fsp3) is 0.333. The molecular weight excluding hydrogens is 302 g/mol. The van der Waals surface area contributed by atoms with E-state index >= 15 is 0 Å². The minimum Gasteiger partial charge on any atom is -0.330 e. The Morgan fingerprint density at radius 1 is 1.05 bits per heavy atom. The van der Waals surface area contributed by atoms with Gasteiger partial charge in [-0.15, -0.1) is 0 Å². The van der Waals surface area contributed by atoms with Crippen LogP contribution in [0, 0.1) is 13.8 Å². The van der Waals surface area contributed by atoms with Crippen molar-refractivity contribution in [1.82, 2.24) is 9.97 Å². The Hall–Kier alpha value is -1.26. The Balaban J connectivity index is 2.36. The van der Waals surface area contributed by atoms with Crippen LogP contribution in [0.15, 0.2) is 28.7 Å². The van der Waals surface area contributed by atoms with Crippen LogP contribution in [0.5, 0.6) is 0 Å². The molecule has 1 aromatic heterocycles. The number of hydrogen-bond donors (Lipinski definition) is 1. The van der Waals surface area contributed by atoms with Crippen molar-refractivity contribution in [2.24, 2.45) is 5.73 Å². The zero-order valence-corrected chi connectivity index (χ0v) is 12.9. The van der Waals surface area contributed by atoms with E-state index in [0.717, 1.165) is 40.1 Å². The molecule has 2 aromatic rings. The van der Waals surface area contributed by atoms with Gasteiger partial charge in [0.1, 0.15) is 0 Å². The minimum absolute atomic E-state index is 0.702. The zero-order chi connectivity index (χ0) is 13.8. The van der Waals surface area contributed by atoms with Gasteiger partial charge in [0.2, 0.25) is 0 Å². The first kappa shape index (κ1) is 14.2. The second kappa shape index (κ2) is 6.26. The Bertz CT molecular complexity index is 541. The molecule has 0 fully saturated rings. The predicted molar refractivity (Wildman–Crippen MR) is 82.0 cm³/mol. The second-order valence-electron chi connectivity index (χ2n) is 4.60. The average Bonchev–Trinajstić information content (AvgIpc) is 2.38. The number of aromatic nitrogens is 2. The van der Waals surface area contributed by atoms with Gasteiger partial charge in [-0.1, -0.05) is 28.1 Å². The molecule has 2 N–H and O–H groups in total. The van der Waals surface area contributed by atoms with E-state index in [9.17, 15) is 0 Å². The summed E-state index contributed by atoms with van der Waals surface area (Å²) in [5, 5.41) is 0. The summed E-state index contributed by atoms with van der Waals surface area (Å²) in [6.45, 7) is 4.79. The predicted octanol–water partition coefficient (Wildman–Crippen LogP) is 3.41. The van der Waals surface area contributed by atoms with Crippen LogP contribution in [0.1, 0.15) is 23.4 Å². The summed E-state index contributed by atoms with van der Waals surface area (Å²) in [6, 6.07) is 8.06. The molecule has 0 spiro atoms. The molecule has 0 amide bonds. The molecule has 0 unspecified atom stereocenters. The topological polar surface area (TPSA) is 51.8 Å². The quantitative estimate of drug-likeness (QED) is 0.939. The maximum Gasteiger partial charge on any atom is 0.159 e. The van der Waals surface area contributed by atoms with Crippen LogP contribution in [0.25, 0.3) is 11.4 Å². The number of hydrogen-bond acceptors (Lipinski definition) is 3. The molecule has 0 radical (unpaired) electrons. The van der Waals surface area contributed by atoms with Gasteiger partial charge in [0.05, 0.1) is 0 Å². The third-order valence-electron chi connectivity index (χ3n) is 3.15. The van der Waals surface area contributed by atoms with Gasteiger partial charge in [-0.25, -0.2) is 9.97 Å². The van der Waals surface area contributed by atoms with Gasteiger partial charge in [-0.2, -0.15) is 0 Å². The molecule has 2 rings (SSSR count). The van der Waals surface area contributed by atoms with E-state index in [1.165, 1.54) is 5.56 Å². The van der Waals surface area contributed by atoms with Gasteiger partial charge < -0.3 is 5.73 Å². The summed E-state index contributed by atoms with van der Waals surface area (Å²) < 4.78 is 1.06. The van der Waals surface area contributed by atoms with Gasteiger partial charge in [0.25, 0.3) is 0 Å². The summed E-state index contributed by atoms with van der Waals surface area (Å²) in [6.07, 6.45) is 1.93. The number of halogens is 1. The highest BCUT2D eigenvalue weighted by Crippen LogP contribution is 2.21. The standard InChI is InChI=1S/C15H18BrN3/c1-10-14(4-3-9-17)11(2)19-15(18-10)12-5-7-13(16)8-6-12/h5-8H,3-4,9,17H2,1-2H3. The zero-order valence-electron chi connectivity index (χ0n) is 11.3. The molecular formula is C15H18BrN3. The molecule has 0 saturated heterocycles. The Morgan fingerprint density at radius 3 is 2.16 bits per heavy atom. The van der Waals surface area contributed by atoms with Gasteiger partial charge >= 0.3 is 0 Å².